The van der Waals surface area contributed by atoms with E-state index in [4.69, 9.17) is 0 Å². The summed E-state index contributed by atoms with van der Waals surface area (Å²) >= 11 is 1.29. The van der Waals surface area contributed by atoms with E-state index < -0.39 is 0 Å². The van der Waals surface area contributed by atoms with Crippen molar-refractivity contribution in [3.05, 3.63) is 96.3 Å². The molecule has 0 bridgehead atoms. The number of fused-ring (bicyclic) bond motifs is 1. The molecule has 0 aliphatic heterocycles. The van der Waals surface area contributed by atoms with Gasteiger partial charge in [0.1, 0.15) is 0 Å². The number of hydrogen-bond donors (Lipinski definition) is 2. The monoisotopic (exact) mass is 485 g/mol. The molecule has 178 valence electrons. The number of nitrogens with one attached hydrogen (secondary N) is 2. The van der Waals surface area contributed by atoms with Gasteiger partial charge >= 0.3 is 0 Å². The lowest BCUT2D eigenvalue weighted by atomic mass is 10.1. The van der Waals surface area contributed by atoms with Crippen LogP contribution in [0.1, 0.15) is 34.7 Å². The minimum Gasteiger partial charge on any atom is -0.342 e. The van der Waals surface area contributed by atoms with Gasteiger partial charge in [0.05, 0.1) is 11.8 Å². The van der Waals surface area contributed by atoms with E-state index in [1.807, 2.05) is 79.1 Å². The Labute approximate surface area is 208 Å². The van der Waals surface area contributed by atoms with Gasteiger partial charge in [0.25, 0.3) is 5.91 Å². The zero-order valence-corrected chi connectivity index (χ0v) is 20.5. The van der Waals surface area contributed by atoms with Crippen molar-refractivity contribution in [1.82, 2.24) is 20.1 Å². The van der Waals surface area contributed by atoms with Crippen LogP contribution in [0.15, 0.2) is 84.5 Å². The molecule has 8 heteroatoms. The number of aromatic nitrogens is 3. The third kappa shape index (κ3) is 5.60. The molecule has 2 amide bonds. The van der Waals surface area contributed by atoms with Gasteiger partial charge in [-0.05, 0) is 36.9 Å². The van der Waals surface area contributed by atoms with Crippen molar-refractivity contribution >= 4 is 40.0 Å². The molecule has 2 N–H and O–H groups in total. The molecule has 0 unspecified atom stereocenters. The van der Waals surface area contributed by atoms with Gasteiger partial charge < -0.3 is 15.2 Å². The summed E-state index contributed by atoms with van der Waals surface area (Å²) in [4.78, 5) is 25.5. The first kappa shape index (κ1) is 24.2. The molecule has 4 rings (SSSR count). The number of allylic oxidation sites excluding steroid dienone is 1. The van der Waals surface area contributed by atoms with E-state index in [9.17, 15) is 9.59 Å². The van der Waals surface area contributed by atoms with Crippen molar-refractivity contribution in [2.75, 3.05) is 11.1 Å². The standard InChI is InChI=1S/C27H27N5O2S/c1-4-16-32-25(19(3)28-26(34)21-13-7-5-10-18(21)2)30-31-27(32)35-17-24(33)29-23-15-9-12-20-11-6-8-14-22(20)23/h4-15,19H,1,16-17H2,2-3H3,(H,28,34)(H,29,33)/t19-/m1/s1. The van der Waals surface area contributed by atoms with Crippen molar-refractivity contribution in [2.45, 2.75) is 31.6 Å². The molecule has 1 atom stereocenters. The number of carbonyl (C=O) groups is 2. The van der Waals surface area contributed by atoms with Gasteiger partial charge in [0.15, 0.2) is 11.0 Å². The summed E-state index contributed by atoms with van der Waals surface area (Å²) in [6.07, 6.45) is 1.74. The lowest BCUT2D eigenvalue weighted by molar-refractivity contribution is -0.113. The van der Waals surface area contributed by atoms with Gasteiger partial charge in [0.2, 0.25) is 5.91 Å². The van der Waals surface area contributed by atoms with E-state index >= 15 is 0 Å². The summed E-state index contributed by atoms with van der Waals surface area (Å²) in [5.41, 5.74) is 2.29. The van der Waals surface area contributed by atoms with Gasteiger partial charge in [-0.15, -0.1) is 16.8 Å². The second kappa shape index (κ2) is 11.0. The molecule has 0 radical (unpaired) electrons. The zero-order valence-electron chi connectivity index (χ0n) is 19.7. The van der Waals surface area contributed by atoms with Crippen LogP contribution in [0.2, 0.25) is 0 Å². The molecule has 3 aromatic carbocycles. The Kier molecular flexibility index (Phi) is 7.62. The quantitative estimate of drug-likeness (QED) is 0.253. The van der Waals surface area contributed by atoms with E-state index in [1.165, 1.54) is 11.8 Å². The molecular formula is C27H27N5O2S. The maximum Gasteiger partial charge on any atom is 0.252 e. The van der Waals surface area contributed by atoms with Gasteiger partial charge in [-0.3, -0.25) is 9.59 Å². The van der Waals surface area contributed by atoms with E-state index in [0.29, 0.717) is 23.1 Å². The highest BCUT2D eigenvalue weighted by molar-refractivity contribution is 7.99. The Morgan fingerprint density at radius 3 is 2.60 bits per heavy atom. The van der Waals surface area contributed by atoms with Crippen molar-refractivity contribution in [3.63, 3.8) is 0 Å². The number of amides is 2. The molecule has 0 saturated heterocycles. The van der Waals surface area contributed by atoms with Crippen LogP contribution in [0, 0.1) is 6.92 Å². The van der Waals surface area contributed by atoms with Gasteiger partial charge in [-0.1, -0.05) is 72.4 Å². The number of hydrogen-bond acceptors (Lipinski definition) is 5. The molecule has 0 spiro atoms. The maximum absolute atomic E-state index is 12.8. The SMILES string of the molecule is C=CCn1c(SCC(=O)Nc2cccc3ccccc23)nnc1[C@@H](C)NC(=O)c1ccccc1C. The molecule has 35 heavy (non-hydrogen) atoms. The first-order valence-electron chi connectivity index (χ1n) is 11.3. The van der Waals surface area contributed by atoms with Crippen molar-refractivity contribution in [2.24, 2.45) is 0 Å². The molecule has 0 saturated carbocycles. The van der Waals surface area contributed by atoms with Crippen LogP contribution in [-0.2, 0) is 11.3 Å². The fourth-order valence-electron chi connectivity index (χ4n) is 3.85. The summed E-state index contributed by atoms with van der Waals surface area (Å²) in [6, 6.07) is 20.8. The van der Waals surface area contributed by atoms with Crippen molar-refractivity contribution < 1.29 is 9.59 Å². The van der Waals surface area contributed by atoms with Crippen LogP contribution in [0.5, 0.6) is 0 Å². The minimum atomic E-state index is -0.381. The Bertz CT molecular complexity index is 1380. The zero-order chi connectivity index (χ0) is 24.8. The number of thioether (sulfide) groups is 1. The van der Waals surface area contributed by atoms with E-state index in [0.717, 1.165) is 22.0 Å². The number of aryl methyl sites for hydroxylation is 1. The second-order valence-corrected chi connectivity index (χ2v) is 9.06. The Balaban J connectivity index is 1.44. The average Bonchev–Trinajstić information content (AvgIpc) is 3.26. The second-order valence-electron chi connectivity index (χ2n) is 8.11. The first-order chi connectivity index (χ1) is 17.0. The molecule has 7 nitrogen and oxygen atoms in total. The van der Waals surface area contributed by atoms with E-state index in [-0.39, 0.29) is 23.6 Å². The molecule has 1 heterocycles. The van der Waals surface area contributed by atoms with E-state index in [2.05, 4.69) is 27.4 Å². The smallest absolute Gasteiger partial charge is 0.252 e. The van der Waals surface area contributed by atoms with Crippen LogP contribution in [0.25, 0.3) is 10.8 Å². The van der Waals surface area contributed by atoms with Gasteiger partial charge in [-0.25, -0.2) is 0 Å². The number of carbonyl (C=O) groups excluding carboxylic acids is 2. The van der Waals surface area contributed by atoms with Gasteiger partial charge in [-0.2, -0.15) is 0 Å². The van der Waals surface area contributed by atoms with Crippen LogP contribution in [0.4, 0.5) is 5.69 Å². The summed E-state index contributed by atoms with van der Waals surface area (Å²) in [7, 11) is 0. The van der Waals surface area contributed by atoms with Gasteiger partial charge in [0, 0.05) is 23.2 Å². The van der Waals surface area contributed by atoms with Crippen LogP contribution in [0.3, 0.4) is 0 Å². The summed E-state index contributed by atoms with van der Waals surface area (Å²) in [5.74, 6) is 0.459. The highest BCUT2D eigenvalue weighted by Crippen LogP contribution is 2.25. The predicted molar refractivity (Wildman–Crippen MR) is 141 cm³/mol. The predicted octanol–water partition coefficient (Wildman–Crippen LogP) is 5.15. The number of nitrogens with zero attached hydrogens (tertiary/aromatic N) is 3. The lowest BCUT2D eigenvalue weighted by Gasteiger charge is -2.16. The summed E-state index contributed by atoms with van der Waals surface area (Å²) in [5, 5.41) is 17.2. The maximum atomic E-state index is 12.8. The molecule has 4 aromatic rings. The Morgan fingerprint density at radius 1 is 1.06 bits per heavy atom. The highest BCUT2D eigenvalue weighted by atomic mass is 32.2. The fraction of sp³-hybridized carbons (Fsp3) is 0.185. The minimum absolute atomic E-state index is 0.137. The summed E-state index contributed by atoms with van der Waals surface area (Å²) < 4.78 is 1.87. The lowest BCUT2D eigenvalue weighted by Crippen LogP contribution is -2.29. The molecular weight excluding hydrogens is 458 g/mol. The van der Waals surface area contributed by atoms with Crippen molar-refractivity contribution in [1.29, 1.82) is 0 Å². The number of anilines is 1. The van der Waals surface area contributed by atoms with E-state index in [1.54, 1.807) is 12.1 Å². The third-order valence-electron chi connectivity index (χ3n) is 5.58. The van der Waals surface area contributed by atoms with Crippen molar-refractivity contribution in [3.8, 4) is 0 Å². The van der Waals surface area contributed by atoms with Crippen LogP contribution >= 0.6 is 11.8 Å². The highest BCUT2D eigenvalue weighted by Gasteiger charge is 2.21. The molecule has 0 aliphatic carbocycles. The number of rotatable bonds is 9. The largest absolute Gasteiger partial charge is 0.342 e. The number of benzene rings is 3. The average molecular weight is 486 g/mol. The fourth-order valence-corrected chi connectivity index (χ4v) is 4.60. The third-order valence-corrected chi connectivity index (χ3v) is 6.54. The molecule has 0 fully saturated rings. The van der Waals surface area contributed by atoms with Crippen LogP contribution < -0.4 is 10.6 Å². The van der Waals surface area contributed by atoms with Crippen LogP contribution in [-0.4, -0.2) is 32.3 Å². The molecule has 1 aromatic heterocycles. The first-order valence-corrected chi connectivity index (χ1v) is 12.3. The normalized spacial score (nSPS) is 11.7. The topological polar surface area (TPSA) is 88.9 Å². The summed E-state index contributed by atoms with van der Waals surface area (Å²) in [6.45, 7) is 8.05. The Hall–Kier alpha value is -3.91. The Morgan fingerprint density at radius 2 is 1.80 bits per heavy atom. The molecule has 0 aliphatic rings.